The summed E-state index contributed by atoms with van der Waals surface area (Å²) in [5.41, 5.74) is 0.724. The first-order chi connectivity index (χ1) is 14.7. The number of anilines is 2. The molecule has 0 saturated carbocycles. The standard InChI is InChI=1S/C21H20ClN3O6/c1-3-4-18(26)13-5-8-19-17(9-13)24(21(28)12(2)31-19)11-20(27)23-16-7-6-14(25(29)30)10-15(16)22/h5-10,12H,3-4,11H2,1-2H3,(H,23,27). The van der Waals surface area contributed by atoms with E-state index in [4.69, 9.17) is 16.3 Å². The van der Waals surface area contributed by atoms with Crippen molar-refractivity contribution in [1.29, 1.82) is 0 Å². The minimum Gasteiger partial charge on any atom is -0.479 e. The Morgan fingerprint density at radius 2 is 2.00 bits per heavy atom. The van der Waals surface area contributed by atoms with Crippen LogP contribution in [0.3, 0.4) is 0 Å². The van der Waals surface area contributed by atoms with Gasteiger partial charge in [0.25, 0.3) is 11.6 Å². The molecule has 1 heterocycles. The molecule has 1 aliphatic heterocycles. The number of non-ortho nitro benzene ring substituents is 1. The molecule has 0 saturated heterocycles. The van der Waals surface area contributed by atoms with Crippen LogP contribution in [0.2, 0.25) is 5.02 Å². The number of hydrogen-bond acceptors (Lipinski definition) is 6. The highest BCUT2D eigenvalue weighted by Crippen LogP contribution is 2.35. The van der Waals surface area contributed by atoms with Crippen LogP contribution in [0, 0.1) is 10.1 Å². The average Bonchev–Trinajstić information content (AvgIpc) is 2.72. The van der Waals surface area contributed by atoms with E-state index in [1.165, 1.54) is 17.0 Å². The molecule has 2 aromatic rings. The largest absolute Gasteiger partial charge is 0.479 e. The maximum absolute atomic E-state index is 12.7. The van der Waals surface area contributed by atoms with Gasteiger partial charge < -0.3 is 10.1 Å². The number of ketones is 1. The van der Waals surface area contributed by atoms with E-state index in [-0.39, 0.29) is 28.7 Å². The van der Waals surface area contributed by atoms with Crippen LogP contribution in [-0.2, 0) is 9.59 Å². The first kappa shape index (κ1) is 22.2. The number of benzene rings is 2. The predicted octanol–water partition coefficient (Wildman–Crippen LogP) is 3.98. The number of halogens is 1. The fourth-order valence-corrected chi connectivity index (χ4v) is 3.39. The second-order valence-electron chi connectivity index (χ2n) is 7.01. The van der Waals surface area contributed by atoms with Crippen LogP contribution in [0.4, 0.5) is 17.1 Å². The summed E-state index contributed by atoms with van der Waals surface area (Å²) in [5, 5.41) is 13.4. The lowest BCUT2D eigenvalue weighted by molar-refractivity contribution is -0.384. The lowest BCUT2D eigenvalue weighted by atomic mass is 10.0. The summed E-state index contributed by atoms with van der Waals surface area (Å²) in [6.45, 7) is 3.11. The Morgan fingerprint density at radius 3 is 2.65 bits per heavy atom. The molecular weight excluding hydrogens is 426 g/mol. The van der Waals surface area contributed by atoms with E-state index in [1.54, 1.807) is 25.1 Å². The van der Waals surface area contributed by atoms with Crippen molar-refractivity contribution in [3.8, 4) is 5.75 Å². The van der Waals surface area contributed by atoms with Gasteiger partial charge in [-0.05, 0) is 37.6 Å². The molecule has 31 heavy (non-hydrogen) atoms. The number of amides is 2. The van der Waals surface area contributed by atoms with E-state index in [2.05, 4.69) is 5.32 Å². The summed E-state index contributed by atoms with van der Waals surface area (Å²) < 4.78 is 5.60. The third kappa shape index (κ3) is 4.83. The van der Waals surface area contributed by atoms with Crippen LogP contribution >= 0.6 is 11.6 Å². The molecule has 0 spiro atoms. The molecule has 1 unspecified atom stereocenters. The van der Waals surface area contributed by atoms with Crippen molar-refractivity contribution in [2.45, 2.75) is 32.8 Å². The molecular formula is C21H20ClN3O6. The minimum atomic E-state index is -0.805. The first-order valence-electron chi connectivity index (χ1n) is 9.60. The fourth-order valence-electron chi connectivity index (χ4n) is 3.17. The number of nitro groups is 1. The van der Waals surface area contributed by atoms with Crippen molar-refractivity contribution >= 4 is 46.3 Å². The Bertz CT molecular complexity index is 1070. The third-order valence-electron chi connectivity index (χ3n) is 4.71. The van der Waals surface area contributed by atoms with Crippen LogP contribution in [0.5, 0.6) is 5.75 Å². The van der Waals surface area contributed by atoms with Crippen molar-refractivity contribution in [2.75, 3.05) is 16.8 Å². The molecule has 162 valence electrons. The summed E-state index contributed by atoms with van der Waals surface area (Å²) >= 11 is 6.02. The molecule has 2 amide bonds. The van der Waals surface area contributed by atoms with Gasteiger partial charge in [0.15, 0.2) is 11.9 Å². The summed E-state index contributed by atoms with van der Waals surface area (Å²) in [4.78, 5) is 49.1. The third-order valence-corrected chi connectivity index (χ3v) is 5.02. The number of fused-ring (bicyclic) bond motifs is 1. The Hall–Kier alpha value is -3.46. The SMILES string of the molecule is CCCC(=O)c1ccc2c(c1)N(CC(=O)Nc1ccc([N+](=O)[O-])cc1Cl)C(=O)C(C)O2. The molecule has 0 bridgehead atoms. The molecule has 0 aromatic heterocycles. The van der Waals surface area contributed by atoms with Gasteiger partial charge in [-0.1, -0.05) is 18.5 Å². The summed E-state index contributed by atoms with van der Waals surface area (Å²) in [6.07, 6.45) is 0.244. The zero-order valence-electron chi connectivity index (χ0n) is 16.9. The van der Waals surface area contributed by atoms with Crippen molar-refractivity contribution in [3.05, 3.63) is 57.1 Å². The fraction of sp³-hybridized carbons (Fsp3) is 0.286. The van der Waals surface area contributed by atoms with Gasteiger partial charge in [0, 0.05) is 24.1 Å². The van der Waals surface area contributed by atoms with Crippen LogP contribution < -0.4 is 15.0 Å². The van der Waals surface area contributed by atoms with Crippen molar-refractivity contribution in [2.24, 2.45) is 0 Å². The van der Waals surface area contributed by atoms with E-state index >= 15 is 0 Å². The number of rotatable bonds is 7. The number of ether oxygens (including phenoxy) is 1. The normalized spacial score (nSPS) is 15.1. The second-order valence-corrected chi connectivity index (χ2v) is 7.42. The molecule has 10 heteroatoms. The van der Waals surface area contributed by atoms with Gasteiger partial charge in [0.2, 0.25) is 5.91 Å². The van der Waals surface area contributed by atoms with Gasteiger partial charge >= 0.3 is 0 Å². The van der Waals surface area contributed by atoms with Gasteiger partial charge in [-0.25, -0.2) is 0 Å². The molecule has 3 rings (SSSR count). The minimum absolute atomic E-state index is 0.00271. The monoisotopic (exact) mass is 445 g/mol. The Kier molecular flexibility index (Phi) is 6.55. The van der Waals surface area contributed by atoms with Crippen LogP contribution in [0.25, 0.3) is 0 Å². The van der Waals surface area contributed by atoms with Gasteiger partial charge in [-0.3, -0.25) is 29.4 Å². The molecule has 2 aromatic carbocycles. The smallest absolute Gasteiger partial charge is 0.271 e. The van der Waals surface area contributed by atoms with Gasteiger partial charge in [0.05, 0.1) is 21.3 Å². The molecule has 0 aliphatic carbocycles. The number of carbonyl (C=O) groups excluding carboxylic acids is 3. The molecule has 1 atom stereocenters. The number of nitrogens with one attached hydrogen (secondary N) is 1. The first-order valence-corrected chi connectivity index (χ1v) is 9.98. The predicted molar refractivity (Wildman–Crippen MR) is 115 cm³/mol. The van der Waals surface area contributed by atoms with Gasteiger partial charge in [-0.15, -0.1) is 0 Å². The van der Waals surface area contributed by atoms with E-state index in [9.17, 15) is 24.5 Å². The summed E-state index contributed by atoms with van der Waals surface area (Å²) in [7, 11) is 0. The molecule has 9 nitrogen and oxygen atoms in total. The van der Waals surface area contributed by atoms with Crippen LogP contribution in [-0.4, -0.2) is 35.2 Å². The highest BCUT2D eigenvalue weighted by Gasteiger charge is 2.33. The number of carbonyl (C=O) groups is 3. The number of nitro benzene ring substituents is 1. The lowest BCUT2D eigenvalue weighted by Gasteiger charge is -2.32. The Balaban J connectivity index is 1.84. The maximum atomic E-state index is 12.7. The highest BCUT2D eigenvalue weighted by molar-refractivity contribution is 6.34. The zero-order chi connectivity index (χ0) is 22.7. The maximum Gasteiger partial charge on any atom is 0.271 e. The van der Waals surface area contributed by atoms with Gasteiger partial charge in [0.1, 0.15) is 12.3 Å². The van der Waals surface area contributed by atoms with Crippen molar-refractivity contribution in [3.63, 3.8) is 0 Å². The number of hydrogen-bond donors (Lipinski definition) is 1. The molecule has 0 fully saturated rings. The van der Waals surface area contributed by atoms with E-state index < -0.39 is 22.8 Å². The van der Waals surface area contributed by atoms with Gasteiger partial charge in [-0.2, -0.15) is 0 Å². The van der Waals surface area contributed by atoms with Crippen LogP contribution in [0.1, 0.15) is 37.0 Å². The number of nitrogens with zero attached hydrogens (tertiary/aromatic N) is 2. The zero-order valence-corrected chi connectivity index (χ0v) is 17.6. The lowest BCUT2D eigenvalue weighted by Crippen LogP contribution is -2.47. The van der Waals surface area contributed by atoms with Crippen molar-refractivity contribution in [1.82, 2.24) is 0 Å². The number of Topliss-reactive ketones (excluding diaryl/α,β-unsaturated/α-hetero) is 1. The van der Waals surface area contributed by atoms with E-state index in [0.717, 1.165) is 6.07 Å². The molecule has 0 radical (unpaired) electrons. The topological polar surface area (TPSA) is 119 Å². The molecule has 1 aliphatic rings. The van der Waals surface area contributed by atoms with E-state index in [1.807, 2.05) is 6.92 Å². The van der Waals surface area contributed by atoms with Crippen LogP contribution in [0.15, 0.2) is 36.4 Å². The summed E-state index contributed by atoms with van der Waals surface area (Å²) in [5.74, 6) is -0.674. The quantitative estimate of drug-likeness (QED) is 0.391. The van der Waals surface area contributed by atoms with E-state index in [0.29, 0.717) is 29.8 Å². The average molecular weight is 446 g/mol. The Labute approximate surface area is 183 Å². The molecule has 1 N–H and O–H groups in total. The summed E-state index contributed by atoms with van der Waals surface area (Å²) in [6, 6.07) is 8.44. The van der Waals surface area contributed by atoms with Crippen molar-refractivity contribution < 1.29 is 24.0 Å². The second kappa shape index (κ2) is 9.13. The Morgan fingerprint density at radius 1 is 1.26 bits per heavy atom. The highest BCUT2D eigenvalue weighted by atomic mass is 35.5.